The van der Waals surface area contributed by atoms with Gasteiger partial charge in [0.15, 0.2) is 0 Å². The first-order valence-electron chi connectivity index (χ1n) is 9.83. The summed E-state index contributed by atoms with van der Waals surface area (Å²) < 4.78 is 39.1. The highest BCUT2D eigenvalue weighted by Crippen LogP contribution is 2.28. The van der Waals surface area contributed by atoms with Gasteiger partial charge >= 0.3 is 0 Å². The molecule has 0 aliphatic carbocycles. The average Bonchev–Trinajstić information content (AvgIpc) is 2.75. The molecule has 0 aliphatic rings. The minimum atomic E-state index is -4.03. The number of rotatable bonds is 9. The van der Waals surface area contributed by atoms with Crippen LogP contribution in [0.4, 0.5) is 15.8 Å². The third-order valence-corrected chi connectivity index (χ3v) is 6.16. The van der Waals surface area contributed by atoms with Crippen LogP contribution < -0.4 is 9.62 Å². The van der Waals surface area contributed by atoms with Crippen molar-refractivity contribution in [1.82, 2.24) is 10.2 Å². The number of amides is 2. The van der Waals surface area contributed by atoms with Crippen LogP contribution in [0, 0.1) is 22.9 Å². The van der Waals surface area contributed by atoms with E-state index in [-0.39, 0.29) is 17.9 Å². The molecule has 33 heavy (non-hydrogen) atoms. The first kappa shape index (κ1) is 25.7. The molecule has 0 heterocycles. The highest BCUT2D eigenvalue weighted by molar-refractivity contribution is 7.92. The van der Waals surface area contributed by atoms with Gasteiger partial charge in [0.2, 0.25) is 21.8 Å². The normalized spacial score (nSPS) is 12.0. The largest absolute Gasteiger partial charge is 0.357 e. The molecule has 0 saturated carbocycles. The Kier molecular flexibility index (Phi) is 8.09. The monoisotopic (exact) mass is 480 g/mol. The zero-order chi connectivity index (χ0) is 24.9. The SMILES string of the molecule is CNC(=O)C(C)N(Cc1ccc(F)cc1)C(=O)CN(c1cc([N+](=O)[O-])ccc1C)S(C)(=O)=O. The third-order valence-electron chi connectivity index (χ3n) is 5.03. The van der Waals surface area contributed by atoms with Gasteiger partial charge in [-0.25, -0.2) is 12.8 Å². The third kappa shape index (κ3) is 6.48. The quantitative estimate of drug-likeness (QED) is 0.431. The van der Waals surface area contributed by atoms with Gasteiger partial charge in [-0.3, -0.25) is 24.0 Å². The van der Waals surface area contributed by atoms with Crippen molar-refractivity contribution in [2.75, 3.05) is 24.2 Å². The Balaban J connectivity index is 2.46. The molecule has 0 saturated heterocycles. The van der Waals surface area contributed by atoms with Crippen molar-refractivity contribution in [2.24, 2.45) is 0 Å². The number of hydrogen-bond acceptors (Lipinski definition) is 6. The van der Waals surface area contributed by atoms with E-state index >= 15 is 0 Å². The molecule has 1 atom stereocenters. The average molecular weight is 481 g/mol. The van der Waals surface area contributed by atoms with Crippen LogP contribution in [0.2, 0.25) is 0 Å². The van der Waals surface area contributed by atoms with Crippen molar-refractivity contribution in [3.63, 3.8) is 0 Å². The van der Waals surface area contributed by atoms with Crippen LogP contribution in [0.15, 0.2) is 42.5 Å². The standard InChI is InChI=1S/C21H25FN4O6S/c1-14-5-10-18(26(29)30)11-19(14)25(33(4,31)32)13-20(27)24(15(2)21(28)23-3)12-16-6-8-17(22)9-7-16/h5-11,15H,12-13H2,1-4H3,(H,23,28). The van der Waals surface area contributed by atoms with E-state index < -0.39 is 45.2 Å². The molecule has 1 unspecified atom stereocenters. The van der Waals surface area contributed by atoms with Crippen LogP contribution in [0.3, 0.4) is 0 Å². The van der Waals surface area contributed by atoms with Gasteiger partial charge in [0.1, 0.15) is 18.4 Å². The van der Waals surface area contributed by atoms with E-state index in [1.807, 2.05) is 0 Å². The molecule has 0 spiro atoms. The Morgan fingerprint density at radius 1 is 1.18 bits per heavy atom. The van der Waals surface area contributed by atoms with Crippen LogP contribution >= 0.6 is 0 Å². The lowest BCUT2D eigenvalue weighted by Crippen LogP contribution is -2.50. The summed E-state index contributed by atoms with van der Waals surface area (Å²) in [5.74, 6) is -1.67. The number of halogens is 1. The molecular formula is C21H25FN4O6S. The number of nitro groups is 1. The van der Waals surface area contributed by atoms with Gasteiger partial charge in [-0.05, 0) is 37.1 Å². The van der Waals surface area contributed by atoms with Gasteiger partial charge in [0, 0.05) is 25.7 Å². The number of hydrogen-bond donors (Lipinski definition) is 1. The van der Waals surface area contributed by atoms with Crippen molar-refractivity contribution in [1.29, 1.82) is 0 Å². The van der Waals surface area contributed by atoms with E-state index in [4.69, 9.17) is 0 Å². The highest BCUT2D eigenvalue weighted by Gasteiger charge is 2.30. The zero-order valence-corrected chi connectivity index (χ0v) is 19.4. The van der Waals surface area contributed by atoms with Crippen molar-refractivity contribution < 1.29 is 27.3 Å². The molecule has 0 bridgehead atoms. The number of carbonyl (C=O) groups is 2. The van der Waals surface area contributed by atoms with Crippen LogP contribution in [0.25, 0.3) is 0 Å². The first-order valence-corrected chi connectivity index (χ1v) is 11.7. The van der Waals surface area contributed by atoms with Crippen LogP contribution in [-0.2, 0) is 26.2 Å². The second-order valence-corrected chi connectivity index (χ2v) is 9.34. The molecule has 10 nitrogen and oxygen atoms in total. The molecule has 1 N–H and O–H groups in total. The maximum absolute atomic E-state index is 13.3. The molecule has 0 fully saturated rings. The Labute approximate surface area is 191 Å². The van der Waals surface area contributed by atoms with Crippen molar-refractivity contribution >= 4 is 33.2 Å². The van der Waals surface area contributed by atoms with Gasteiger partial charge < -0.3 is 10.2 Å². The predicted octanol–water partition coefficient (Wildman–Crippen LogP) is 1.97. The number of likely N-dealkylation sites (N-methyl/N-ethyl adjacent to an activating group) is 1. The van der Waals surface area contributed by atoms with Gasteiger partial charge in [-0.2, -0.15) is 0 Å². The Morgan fingerprint density at radius 3 is 2.30 bits per heavy atom. The Morgan fingerprint density at radius 2 is 1.79 bits per heavy atom. The summed E-state index contributed by atoms with van der Waals surface area (Å²) in [7, 11) is -2.63. The molecule has 2 amide bonds. The van der Waals surface area contributed by atoms with E-state index in [2.05, 4.69) is 5.32 Å². The number of nitro benzene ring substituents is 1. The lowest BCUT2D eigenvalue weighted by Gasteiger charge is -2.31. The first-order chi connectivity index (χ1) is 15.3. The summed E-state index contributed by atoms with van der Waals surface area (Å²) in [4.78, 5) is 37.2. The smallest absolute Gasteiger partial charge is 0.271 e. The fourth-order valence-corrected chi connectivity index (χ4v) is 4.05. The van der Waals surface area contributed by atoms with E-state index in [1.165, 1.54) is 50.4 Å². The van der Waals surface area contributed by atoms with E-state index in [1.54, 1.807) is 6.92 Å². The lowest BCUT2D eigenvalue weighted by atomic mass is 10.1. The molecule has 0 radical (unpaired) electrons. The Bertz CT molecular complexity index is 1150. The number of non-ortho nitro benzene ring substituents is 1. The fourth-order valence-electron chi connectivity index (χ4n) is 3.15. The molecule has 0 aromatic heterocycles. The van der Waals surface area contributed by atoms with Gasteiger partial charge in [-0.1, -0.05) is 18.2 Å². The second kappa shape index (κ2) is 10.4. The molecule has 12 heteroatoms. The number of nitrogens with zero attached hydrogens (tertiary/aromatic N) is 3. The fraction of sp³-hybridized carbons (Fsp3) is 0.333. The highest BCUT2D eigenvalue weighted by atomic mass is 32.2. The number of benzene rings is 2. The summed E-state index contributed by atoms with van der Waals surface area (Å²) in [6, 6.07) is 8.04. The molecule has 2 aromatic rings. The van der Waals surface area contributed by atoms with E-state index in [0.717, 1.165) is 21.5 Å². The van der Waals surface area contributed by atoms with Gasteiger partial charge in [-0.15, -0.1) is 0 Å². The minimum Gasteiger partial charge on any atom is -0.357 e. The van der Waals surface area contributed by atoms with Gasteiger partial charge in [0.05, 0.1) is 16.9 Å². The van der Waals surface area contributed by atoms with Crippen LogP contribution in [0.5, 0.6) is 0 Å². The topological polar surface area (TPSA) is 130 Å². The Hall–Kier alpha value is -3.54. The summed E-state index contributed by atoms with van der Waals surface area (Å²) in [5.41, 5.74) is 0.578. The molecule has 2 aromatic carbocycles. The van der Waals surface area contributed by atoms with E-state index in [9.17, 15) is 32.5 Å². The molecule has 178 valence electrons. The minimum absolute atomic E-state index is 0.0191. The zero-order valence-electron chi connectivity index (χ0n) is 18.6. The van der Waals surface area contributed by atoms with E-state index in [0.29, 0.717) is 11.1 Å². The summed E-state index contributed by atoms with van der Waals surface area (Å²) in [6.45, 7) is 2.26. The number of nitrogens with one attached hydrogen (secondary N) is 1. The number of aryl methyl sites for hydroxylation is 1. The number of carbonyl (C=O) groups excluding carboxylic acids is 2. The second-order valence-electron chi connectivity index (χ2n) is 7.44. The summed E-state index contributed by atoms with van der Waals surface area (Å²) >= 11 is 0. The van der Waals surface area contributed by atoms with Crippen LogP contribution in [-0.4, -0.2) is 55.9 Å². The predicted molar refractivity (Wildman–Crippen MR) is 121 cm³/mol. The molecule has 2 rings (SSSR count). The van der Waals surface area contributed by atoms with Crippen molar-refractivity contribution in [3.8, 4) is 0 Å². The van der Waals surface area contributed by atoms with Crippen molar-refractivity contribution in [3.05, 3.63) is 69.5 Å². The van der Waals surface area contributed by atoms with Gasteiger partial charge in [0.25, 0.3) is 5.69 Å². The van der Waals surface area contributed by atoms with Crippen LogP contribution in [0.1, 0.15) is 18.1 Å². The molecule has 0 aliphatic heterocycles. The lowest BCUT2D eigenvalue weighted by molar-refractivity contribution is -0.384. The number of sulfonamides is 1. The van der Waals surface area contributed by atoms with Crippen molar-refractivity contribution in [2.45, 2.75) is 26.4 Å². The molecular weight excluding hydrogens is 455 g/mol. The number of anilines is 1. The maximum atomic E-state index is 13.3. The maximum Gasteiger partial charge on any atom is 0.271 e. The summed E-state index contributed by atoms with van der Waals surface area (Å²) in [6.07, 6.45) is 0.880. The summed E-state index contributed by atoms with van der Waals surface area (Å²) in [5, 5.41) is 13.6.